The number of amides is 1. The van der Waals surface area contributed by atoms with Gasteiger partial charge in [0.1, 0.15) is 5.78 Å². The van der Waals surface area contributed by atoms with Gasteiger partial charge >= 0.3 is 0 Å². The number of carbonyl (C=O) groups excluding carboxylic acids is 2. The Morgan fingerprint density at radius 3 is 2.71 bits per heavy atom. The van der Waals surface area contributed by atoms with Gasteiger partial charge in [0.2, 0.25) is 5.91 Å². The summed E-state index contributed by atoms with van der Waals surface area (Å²) in [4.78, 5) is 26.9. The molecule has 0 aliphatic heterocycles. The molecule has 2 aromatic rings. The number of rotatable bonds is 6. The van der Waals surface area contributed by atoms with Gasteiger partial charge in [-0.3, -0.25) is 14.6 Å². The van der Waals surface area contributed by atoms with Crippen molar-refractivity contribution in [1.82, 2.24) is 10.3 Å². The third-order valence-corrected chi connectivity index (χ3v) is 3.05. The van der Waals surface area contributed by atoms with E-state index in [1.54, 1.807) is 6.20 Å². The molecule has 0 saturated carbocycles. The molecule has 4 nitrogen and oxygen atoms in total. The van der Waals surface area contributed by atoms with Gasteiger partial charge in [-0.2, -0.15) is 0 Å². The number of benzene rings is 1. The number of hydrogen-bond donors (Lipinski definition) is 1. The van der Waals surface area contributed by atoms with Crippen LogP contribution < -0.4 is 5.32 Å². The Bertz CT molecular complexity index is 624. The summed E-state index contributed by atoms with van der Waals surface area (Å²) in [5.74, 6) is 0.00173. The van der Waals surface area contributed by atoms with Crippen molar-refractivity contribution >= 4 is 11.7 Å². The maximum atomic E-state index is 11.8. The fraction of sp³-hybridized carbons (Fsp3) is 0.235. The SMILES string of the molecule is CC(=O)CCNC(=O)Cc1cccc(-c2ccccn2)c1. The molecule has 0 atom stereocenters. The third kappa shape index (κ3) is 4.84. The van der Waals surface area contributed by atoms with Gasteiger partial charge in [-0.1, -0.05) is 24.3 Å². The average Bonchev–Trinajstić information content (AvgIpc) is 2.48. The van der Waals surface area contributed by atoms with E-state index < -0.39 is 0 Å². The highest BCUT2D eigenvalue weighted by molar-refractivity contribution is 5.80. The molecule has 0 spiro atoms. The van der Waals surface area contributed by atoms with Crippen LogP contribution in [-0.2, 0) is 16.0 Å². The van der Waals surface area contributed by atoms with Crippen molar-refractivity contribution in [3.63, 3.8) is 0 Å². The molecular formula is C17H18N2O2. The standard InChI is InChI=1S/C17H18N2O2/c1-13(20)8-10-19-17(21)12-14-5-4-6-15(11-14)16-7-2-3-9-18-16/h2-7,9,11H,8,10,12H2,1H3,(H,19,21). The number of nitrogens with one attached hydrogen (secondary N) is 1. The smallest absolute Gasteiger partial charge is 0.224 e. The highest BCUT2D eigenvalue weighted by Gasteiger charge is 2.05. The van der Waals surface area contributed by atoms with Crippen LogP contribution in [0.15, 0.2) is 48.7 Å². The van der Waals surface area contributed by atoms with Crippen LogP contribution >= 0.6 is 0 Å². The van der Waals surface area contributed by atoms with E-state index >= 15 is 0 Å². The maximum absolute atomic E-state index is 11.8. The lowest BCUT2D eigenvalue weighted by molar-refractivity contribution is -0.120. The van der Waals surface area contributed by atoms with Gasteiger partial charge in [0.25, 0.3) is 0 Å². The first-order valence-electron chi connectivity index (χ1n) is 6.91. The van der Waals surface area contributed by atoms with E-state index in [9.17, 15) is 9.59 Å². The first-order chi connectivity index (χ1) is 10.1. The molecular weight excluding hydrogens is 264 g/mol. The summed E-state index contributed by atoms with van der Waals surface area (Å²) in [5.41, 5.74) is 2.81. The van der Waals surface area contributed by atoms with Crippen LogP contribution in [0.5, 0.6) is 0 Å². The van der Waals surface area contributed by atoms with E-state index in [0.717, 1.165) is 16.8 Å². The van der Waals surface area contributed by atoms with Crippen LogP contribution in [0.3, 0.4) is 0 Å². The largest absolute Gasteiger partial charge is 0.355 e. The van der Waals surface area contributed by atoms with E-state index in [1.807, 2.05) is 42.5 Å². The van der Waals surface area contributed by atoms with Crippen LogP contribution in [-0.4, -0.2) is 23.2 Å². The van der Waals surface area contributed by atoms with Crippen molar-refractivity contribution in [1.29, 1.82) is 0 Å². The minimum atomic E-state index is -0.0746. The molecule has 0 saturated heterocycles. The molecule has 1 amide bonds. The first-order valence-corrected chi connectivity index (χ1v) is 6.91. The maximum Gasteiger partial charge on any atom is 0.224 e. The van der Waals surface area contributed by atoms with Gasteiger partial charge in [-0.15, -0.1) is 0 Å². The van der Waals surface area contributed by atoms with Crippen LogP contribution in [0.4, 0.5) is 0 Å². The summed E-state index contributed by atoms with van der Waals surface area (Å²) in [6.07, 6.45) is 2.43. The Labute approximate surface area is 124 Å². The summed E-state index contributed by atoms with van der Waals surface area (Å²) in [6, 6.07) is 13.5. The normalized spacial score (nSPS) is 10.1. The monoisotopic (exact) mass is 282 g/mol. The zero-order chi connectivity index (χ0) is 15.1. The molecule has 108 valence electrons. The molecule has 0 radical (unpaired) electrons. The highest BCUT2D eigenvalue weighted by atomic mass is 16.1. The van der Waals surface area contributed by atoms with Crippen LogP contribution in [0.25, 0.3) is 11.3 Å². The Morgan fingerprint density at radius 1 is 1.14 bits per heavy atom. The first kappa shape index (κ1) is 14.9. The molecule has 0 bridgehead atoms. The zero-order valence-corrected chi connectivity index (χ0v) is 12.0. The number of ketones is 1. The van der Waals surface area contributed by atoms with Crippen LogP contribution in [0, 0.1) is 0 Å². The minimum Gasteiger partial charge on any atom is -0.355 e. The Balaban J connectivity index is 1.98. The average molecular weight is 282 g/mol. The Hall–Kier alpha value is -2.49. The second-order valence-corrected chi connectivity index (χ2v) is 4.89. The summed E-state index contributed by atoms with van der Waals surface area (Å²) in [5, 5.41) is 2.75. The summed E-state index contributed by atoms with van der Waals surface area (Å²) < 4.78 is 0. The Morgan fingerprint density at radius 2 is 2.00 bits per heavy atom. The second kappa shape index (κ2) is 7.33. The summed E-state index contributed by atoms with van der Waals surface area (Å²) >= 11 is 0. The van der Waals surface area contributed by atoms with Gasteiger partial charge in [0.05, 0.1) is 12.1 Å². The van der Waals surface area contributed by atoms with Crippen molar-refractivity contribution in [2.24, 2.45) is 0 Å². The number of hydrogen-bond acceptors (Lipinski definition) is 3. The lowest BCUT2D eigenvalue weighted by Crippen LogP contribution is -2.27. The Kier molecular flexibility index (Phi) is 5.21. The van der Waals surface area contributed by atoms with Crippen molar-refractivity contribution < 1.29 is 9.59 Å². The fourth-order valence-corrected chi connectivity index (χ4v) is 2.00. The van der Waals surface area contributed by atoms with E-state index in [0.29, 0.717) is 19.4 Å². The molecule has 1 aromatic carbocycles. The molecule has 1 aromatic heterocycles. The second-order valence-electron chi connectivity index (χ2n) is 4.89. The predicted molar refractivity (Wildman–Crippen MR) is 81.7 cm³/mol. The lowest BCUT2D eigenvalue weighted by Gasteiger charge is -2.06. The van der Waals surface area contributed by atoms with Crippen molar-refractivity contribution in [3.05, 3.63) is 54.2 Å². The molecule has 1 N–H and O–H groups in total. The minimum absolute atomic E-state index is 0.0746. The molecule has 21 heavy (non-hydrogen) atoms. The van der Waals surface area contributed by atoms with Gasteiger partial charge in [0, 0.05) is 24.7 Å². The van der Waals surface area contributed by atoms with E-state index in [2.05, 4.69) is 10.3 Å². The molecule has 1 heterocycles. The van der Waals surface area contributed by atoms with E-state index in [4.69, 9.17) is 0 Å². The van der Waals surface area contributed by atoms with Crippen LogP contribution in [0.2, 0.25) is 0 Å². The van der Waals surface area contributed by atoms with Gasteiger partial charge in [-0.05, 0) is 30.7 Å². The van der Waals surface area contributed by atoms with Gasteiger partial charge in [-0.25, -0.2) is 0 Å². The predicted octanol–water partition coefficient (Wildman–Crippen LogP) is 2.39. The molecule has 4 heteroatoms. The van der Waals surface area contributed by atoms with Crippen molar-refractivity contribution in [3.8, 4) is 11.3 Å². The number of Topliss-reactive ketones (excluding diaryl/α,β-unsaturated/α-hetero) is 1. The zero-order valence-electron chi connectivity index (χ0n) is 12.0. The summed E-state index contributed by atoms with van der Waals surface area (Å²) in [7, 11) is 0. The molecule has 0 unspecified atom stereocenters. The van der Waals surface area contributed by atoms with Crippen LogP contribution in [0.1, 0.15) is 18.9 Å². The van der Waals surface area contributed by atoms with E-state index in [-0.39, 0.29) is 11.7 Å². The van der Waals surface area contributed by atoms with Gasteiger partial charge in [0.15, 0.2) is 0 Å². The quantitative estimate of drug-likeness (QED) is 0.885. The number of aromatic nitrogens is 1. The highest BCUT2D eigenvalue weighted by Crippen LogP contribution is 2.17. The topological polar surface area (TPSA) is 59.1 Å². The number of carbonyl (C=O) groups is 2. The lowest BCUT2D eigenvalue weighted by atomic mass is 10.1. The molecule has 0 aliphatic rings. The van der Waals surface area contributed by atoms with Crippen molar-refractivity contribution in [2.75, 3.05) is 6.54 Å². The van der Waals surface area contributed by atoms with Gasteiger partial charge < -0.3 is 5.32 Å². The molecule has 0 fully saturated rings. The molecule has 2 rings (SSSR count). The molecule has 0 aliphatic carbocycles. The number of nitrogens with zero attached hydrogens (tertiary/aromatic N) is 1. The third-order valence-electron chi connectivity index (χ3n) is 3.05. The van der Waals surface area contributed by atoms with Crippen molar-refractivity contribution in [2.45, 2.75) is 19.8 Å². The number of pyridine rings is 1. The summed E-state index contributed by atoms with van der Waals surface area (Å²) in [6.45, 7) is 1.91. The van der Waals surface area contributed by atoms with E-state index in [1.165, 1.54) is 6.92 Å². The fourth-order valence-electron chi connectivity index (χ4n) is 2.00.